The fourth-order valence-corrected chi connectivity index (χ4v) is 4.03. The molecule has 4 aromatic rings. The average Bonchev–Trinajstić information content (AvgIpc) is 3.24. The molecule has 146 valence electrons. The molecule has 0 amide bonds. The number of H-pyrrole nitrogens is 1. The summed E-state index contributed by atoms with van der Waals surface area (Å²) in [5.41, 5.74) is 10.6. The first-order valence-electron chi connectivity index (χ1n) is 9.75. The van der Waals surface area contributed by atoms with Crippen LogP contribution in [0.3, 0.4) is 0 Å². The van der Waals surface area contributed by atoms with Gasteiger partial charge in [0.1, 0.15) is 11.6 Å². The molecule has 3 aromatic heterocycles. The Balaban J connectivity index is 1.57. The number of halogens is 1. The predicted molar refractivity (Wildman–Crippen MR) is 112 cm³/mol. The van der Waals surface area contributed by atoms with Gasteiger partial charge in [-0.15, -0.1) is 0 Å². The maximum absolute atomic E-state index is 13.6. The molecular weight excluding hydrogens is 367 g/mol. The molecule has 0 atom stereocenters. The van der Waals surface area contributed by atoms with Crippen molar-refractivity contribution < 1.29 is 4.39 Å². The van der Waals surface area contributed by atoms with Crippen LogP contribution in [0, 0.1) is 5.82 Å². The first-order valence-corrected chi connectivity index (χ1v) is 9.75. The monoisotopic (exact) mass is 388 g/mol. The van der Waals surface area contributed by atoms with Crippen LogP contribution in [0.1, 0.15) is 24.5 Å². The number of piperidine rings is 1. The van der Waals surface area contributed by atoms with E-state index in [9.17, 15) is 4.39 Å². The Morgan fingerprint density at radius 3 is 2.69 bits per heavy atom. The number of nitrogen functional groups attached to an aromatic ring is 1. The van der Waals surface area contributed by atoms with Crippen LogP contribution in [0.5, 0.6) is 0 Å². The molecule has 1 aliphatic heterocycles. The Morgan fingerprint density at radius 2 is 1.83 bits per heavy atom. The minimum atomic E-state index is -0.278. The summed E-state index contributed by atoms with van der Waals surface area (Å²) in [4.78, 5) is 8.93. The summed E-state index contributed by atoms with van der Waals surface area (Å²) in [7, 11) is 0. The van der Waals surface area contributed by atoms with Crippen molar-refractivity contribution in [2.45, 2.75) is 18.8 Å². The van der Waals surface area contributed by atoms with Gasteiger partial charge >= 0.3 is 0 Å². The van der Waals surface area contributed by atoms with E-state index in [2.05, 4.69) is 25.5 Å². The number of pyridine rings is 2. The highest BCUT2D eigenvalue weighted by Crippen LogP contribution is 2.35. The van der Waals surface area contributed by atoms with Gasteiger partial charge in [0, 0.05) is 46.6 Å². The molecule has 6 nitrogen and oxygen atoms in total. The lowest BCUT2D eigenvalue weighted by Crippen LogP contribution is -2.27. The average molecular weight is 388 g/mol. The molecule has 0 radical (unpaired) electrons. The Bertz CT molecular complexity index is 1180. The highest BCUT2D eigenvalue weighted by molar-refractivity contribution is 5.87. The van der Waals surface area contributed by atoms with Gasteiger partial charge in [-0.25, -0.2) is 9.37 Å². The maximum atomic E-state index is 13.6. The Hall–Kier alpha value is -3.32. The molecule has 5 rings (SSSR count). The van der Waals surface area contributed by atoms with Crippen LogP contribution in [0.15, 0.2) is 48.9 Å². The van der Waals surface area contributed by atoms with Crippen LogP contribution in [-0.2, 0) is 0 Å². The predicted octanol–water partition coefficient (Wildman–Crippen LogP) is 3.88. The third-order valence-corrected chi connectivity index (χ3v) is 5.58. The molecule has 1 saturated heterocycles. The summed E-state index contributed by atoms with van der Waals surface area (Å²) >= 11 is 0. The second kappa shape index (κ2) is 7.25. The topological polar surface area (TPSA) is 92.5 Å². The molecule has 4 N–H and O–H groups in total. The van der Waals surface area contributed by atoms with Crippen molar-refractivity contribution in [1.29, 1.82) is 0 Å². The highest BCUT2D eigenvalue weighted by Gasteiger charge is 2.22. The molecule has 0 spiro atoms. The van der Waals surface area contributed by atoms with E-state index in [0.29, 0.717) is 17.4 Å². The van der Waals surface area contributed by atoms with Gasteiger partial charge in [0.2, 0.25) is 0 Å². The van der Waals surface area contributed by atoms with Crippen LogP contribution in [0.2, 0.25) is 0 Å². The van der Waals surface area contributed by atoms with Crippen LogP contribution in [-0.4, -0.2) is 33.3 Å². The van der Waals surface area contributed by atoms with Crippen LogP contribution >= 0.6 is 0 Å². The fourth-order valence-electron chi connectivity index (χ4n) is 4.03. The fraction of sp³-hybridized carbons (Fsp3) is 0.227. The van der Waals surface area contributed by atoms with Gasteiger partial charge in [-0.1, -0.05) is 0 Å². The largest absolute Gasteiger partial charge is 0.383 e. The zero-order valence-corrected chi connectivity index (χ0v) is 15.8. The quantitative estimate of drug-likeness (QED) is 0.495. The summed E-state index contributed by atoms with van der Waals surface area (Å²) in [6, 6.07) is 8.49. The van der Waals surface area contributed by atoms with E-state index in [1.165, 1.54) is 12.1 Å². The van der Waals surface area contributed by atoms with Gasteiger partial charge in [0.25, 0.3) is 0 Å². The molecule has 1 fully saturated rings. The van der Waals surface area contributed by atoms with Gasteiger partial charge < -0.3 is 11.1 Å². The van der Waals surface area contributed by atoms with Gasteiger partial charge in [0.05, 0.1) is 11.4 Å². The second-order valence-electron chi connectivity index (χ2n) is 7.43. The summed E-state index contributed by atoms with van der Waals surface area (Å²) in [6.07, 6.45) is 7.54. The number of nitrogens with one attached hydrogen (secondary N) is 2. The van der Waals surface area contributed by atoms with Crippen molar-refractivity contribution >= 4 is 16.6 Å². The second-order valence-corrected chi connectivity index (χ2v) is 7.43. The highest BCUT2D eigenvalue weighted by atomic mass is 19.1. The molecule has 1 aliphatic rings. The van der Waals surface area contributed by atoms with Gasteiger partial charge in [-0.05, 0) is 61.6 Å². The Morgan fingerprint density at radius 1 is 0.966 bits per heavy atom. The van der Waals surface area contributed by atoms with Gasteiger partial charge in [0.15, 0.2) is 0 Å². The molecule has 0 aliphatic carbocycles. The van der Waals surface area contributed by atoms with Crippen LogP contribution < -0.4 is 11.1 Å². The summed E-state index contributed by atoms with van der Waals surface area (Å²) in [5, 5.41) is 12.6. The number of nitrogens with zero attached hydrogens (tertiary/aromatic N) is 3. The summed E-state index contributed by atoms with van der Waals surface area (Å²) in [6.45, 7) is 2.00. The first kappa shape index (κ1) is 17.8. The van der Waals surface area contributed by atoms with Crippen LogP contribution in [0.4, 0.5) is 10.2 Å². The van der Waals surface area contributed by atoms with E-state index in [0.717, 1.165) is 59.1 Å². The van der Waals surface area contributed by atoms with E-state index in [-0.39, 0.29) is 5.82 Å². The number of rotatable bonds is 3. The number of hydrogen-bond acceptors (Lipinski definition) is 5. The molecule has 0 saturated carbocycles. The molecular formula is C22H21FN6. The Labute approximate surface area is 167 Å². The van der Waals surface area contributed by atoms with Gasteiger partial charge in [-0.2, -0.15) is 5.10 Å². The van der Waals surface area contributed by atoms with Crippen molar-refractivity contribution in [3.8, 4) is 22.4 Å². The SMILES string of the molecule is Nc1ncc(-c2c[nH]nc2C2CCNCC2)cc1-c1cc2cc(F)ccc2cn1. The lowest BCUT2D eigenvalue weighted by Gasteiger charge is -2.22. The number of nitrogens with two attached hydrogens (primary N) is 1. The van der Waals surface area contributed by atoms with E-state index in [4.69, 9.17) is 5.73 Å². The molecule has 4 heterocycles. The number of aromatic amines is 1. The van der Waals surface area contributed by atoms with E-state index in [1.807, 2.05) is 18.3 Å². The van der Waals surface area contributed by atoms with Crippen molar-refractivity contribution in [2.24, 2.45) is 0 Å². The maximum Gasteiger partial charge on any atom is 0.132 e. The first-order chi connectivity index (χ1) is 14.2. The number of benzene rings is 1. The smallest absolute Gasteiger partial charge is 0.132 e. The summed E-state index contributed by atoms with van der Waals surface area (Å²) in [5.74, 6) is 0.531. The lowest BCUT2D eigenvalue weighted by atomic mass is 9.90. The Kier molecular flexibility index (Phi) is 4.44. The van der Waals surface area contributed by atoms with Crippen molar-refractivity contribution in [1.82, 2.24) is 25.5 Å². The molecule has 0 unspecified atom stereocenters. The normalized spacial score (nSPS) is 15.1. The standard InChI is InChI=1S/C22H21FN6/c23-17-2-1-14-10-26-20(9-15(14)7-17)18-8-16(11-27-22(18)24)19-12-28-29-21(19)13-3-5-25-6-4-13/h1-2,7-13,25H,3-6H2,(H2,24,27)(H,28,29). The van der Waals surface area contributed by atoms with E-state index >= 15 is 0 Å². The van der Waals surface area contributed by atoms with Gasteiger partial charge in [-0.3, -0.25) is 10.1 Å². The van der Waals surface area contributed by atoms with Crippen molar-refractivity contribution in [3.63, 3.8) is 0 Å². The summed E-state index contributed by atoms with van der Waals surface area (Å²) < 4.78 is 13.6. The molecule has 29 heavy (non-hydrogen) atoms. The molecule has 7 heteroatoms. The van der Waals surface area contributed by atoms with E-state index in [1.54, 1.807) is 18.5 Å². The lowest BCUT2D eigenvalue weighted by molar-refractivity contribution is 0.453. The van der Waals surface area contributed by atoms with E-state index < -0.39 is 0 Å². The zero-order chi connectivity index (χ0) is 19.8. The number of anilines is 1. The number of hydrogen-bond donors (Lipinski definition) is 3. The minimum absolute atomic E-state index is 0.278. The third kappa shape index (κ3) is 3.34. The number of aromatic nitrogens is 4. The van der Waals surface area contributed by atoms with Crippen LogP contribution in [0.25, 0.3) is 33.2 Å². The van der Waals surface area contributed by atoms with Crippen molar-refractivity contribution in [3.05, 3.63) is 60.4 Å². The molecule has 0 bridgehead atoms. The third-order valence-electron chi connectivity index (χ3n) is 5.58. The zero-order valence-electron chi connectivity index (χ0n) is 15.8. The van der Waals surface area contributed by atoms with Crippen molar-refractivity contribution in [2.75, 3.05) is 18.8 Å². The minimum Gasteiger partial charge on any atom is -0.383 e. The molecule has 1 aromatic carbocycles. The number of fused-ring (bicyclic) bond motifs is 1.